The first-order valence-electron chi connectivity index (χ1n) is 4.70. The van der Waals surface area contributed by atoms with Gasteiger partial charge in [0.2, 0.25) is 0 Å². The van der Waals surface area contributed by atoms with E-state index in [1.165, 1.54) is 6.07 Å². The van der Waals surface area contributed by atoms with Crippen molar-refractivity contribution in [3.8, 4) is 0 Å². The molecule has 0 spiro atoms. The molecule has 1 atom stereocenters. The van der Waals surface area contributed by atoms with Crippen molar-refractivity contribution in [2.45, 2.75) is 26.3 Å². The molecule has 0 aliphatic rings. The summed E-state index contributed by atoms with van der Waals surface area (Å²) in [6.45, 7) is 5.05. The summed E-state index contributed by atoms with van der Waals surface area (Å²) < 4.78 is 13.2. The summed E-state index contributed by atoms with van der Waals surface area (Å²) in [5.74, 6) is -0.104. The maximum Gasteiger partial charge on any atom is 0.126 e. The molecule has 1 aromatic rings. The molecule has 1 unspecified atom stereocenters. The third-order valence-corrected chi connectivity index (χ3v) is 2.04. The Kier molecular flexibility index (Phi) is 3.90. The van der Waals surface area contributed by atoms with Gasteiger partial charge in [-0.25, -0.2) is 4.39 Å². The molecule has 0 aromatic heterocycles. The lowest BCUT2D eigenvalue weighted by Crippen LogP contribution is -2.27. The summed E-state index contributed by atoms with van der Waals surface area (Å²) in [5, 5.41) is 3.25. The molecule has 0 aliphatic carbocycles. The Morgan fingerprint density at radius 3 is 2.69 bits per heavy atom. The zero-order valence-corrected chi connectivity index (χ0v) is 8.18. The van der Waals surface area contributed by atoms with Crippen LogP contribution < -0.4 is 5.32 Å². The van der Waals surface area contributed by atoms with Crippen LogP contribution in [0.25, 0.3) is 0 Å². The molecule has 72 valence electrons. The van der Waals surface area contributed by atoms with Crippen molar-refractivity contribution >= 4 is 0 Å². The number of hydrogen-bond acceptors (Lipinski definition) is 1. The zero-order chi connectivity index (χ0) is 9.68. The van der Waals surface area contributed by atoms with E-state index in [0.29, 0.717) is 6.04 Å². The maximum atomic E-state index is 13.2. The van der Waals surface area contributed by atoms with E-state index < -0.39 is 0 Å². The standard InChI is InChI=1S/C11H16FN/c1-3-13-9(2)8-10-6-4-5-7-11(10)12/h4-7,9,13H,3,8H2,1-2H3. The molecule has 0 radical (unpaired) electrons. The molecule has 0 heterocycles. The molecule has 0 bridgehead atoms. The van der Waals surface area contributed by atoms with Gasteiger partial charge in [0.1, 0.15) is 5.82 Å². The van der Waals surface area contributed by atoms with Crippen LogP contribution in [0.4, 0.5) is 4.39 Å². The topological polar surface area (TPSA) is 12.0 Å². The zero-order valence-electron chi connectivity index (χ0n) is 8.18. The monoisotopic (exact) mass is 181 g/mol. The van der Waals surface area contributed by atoms with Crippen LogP contribution in [0.15, 0.2) is 24.3 Å². The van der Waals surface area contributed by atoms with Crippen molar-refractivity contribution in [2.75, 3.05) is 6.54 Å². The molecule has 0 fully saturated rings. The predicted molar refractivity (Wildman–Crippen MR) is 53.2 cm³/mol. The van der Waals surface area contributed by atoms with Crippen molar-refractivity contribution in [3.63, 3.8) is 0 Å². The molecule has 1 aromatic carbocycles. The highest BCUT2D eigenvalue weighted by atomic mass is 19.1. The second kappa shape index (κ2) is 4.97. The minimum Gasteiger partial charge on any atom is -0.314 e. The van der Waals surface area contributed by atoms with Gasteiger partial charge in [-0.1, -0.05) is 25.1 Å². The van der Waals surface area contributed by atoms with Crippen molar-refractivity contribution in [1.29, 1.82) is 0 Å². The molecular weight excluding hydrogens is 165 g/mol. The van der Waals surface area contributed by atoms with Gasteiger partial charge in [0.15, 0.2) is 0 Å². The van der Waals surface area contributed by atoms with E-state index in [4.69, 9.17) is 0 Å². The van der Waals surface area contributed by atoms with Crippen molar-refractivity contribution in [3.05, 3.63) is 35.6 Å². The first kappa shape index (κ1) is 10.2. The fraction of sp³-hybridized carbons (Fsp3) is 0.455. The summed E-state index contributed by atoms with van der Waals surface area (Å²) in [4.78, 5) is 0. The van der Waals surface area contributed by atoms with E-state index in [2.05, 4.69) is 19.2 Å². The second-order valence-corrected chi connectivity index (χ2v) is 3.25. The largest absolute Gasteiger partial charge is 0.314 e. The first-order valence-corrected chi connectivity index (χ1v) is 4.70. The SMILES string of the molecule is CCNC(C)Cc1ccccc1F. The molecule has 0 saturated carbocycles. The van der Waals surface area contributed by atoms with Gasteiger partial charge in [0.05, 0.1) is 0 Å². The minimum absolute atomic E-state index is 0.104. The Hall–Kier alpha value is -0.890. The Morgan fingerprint density at radius 2 is 2.08 bits per heavy atom. The fourth-order valence-electron chi connectivity index (χ4n) is 1.41. The van der Waals surface area contributed by atoms with Crippen LogP contribution >= 0.6 is 0 Å². The summed E-state index contributed by atoms with van der Waals surface area (Å²) >= 11 is 0. The molecule has 0 saturated heterocycles. The Labute approximate surface area is 79.0 Å². The van der Waals surface area contributed by atoms with E-state index in [-0.39, 0.29) is 5.82 Å². The van der Waals surface area contributed by atoms with Gasteiger partial charge in [-0.2, -0.15) is 0 Å². The van der Waals surface area contributed by atoms with Gasteiger partial charge >= 0.3 is 0 Å². The lowest BCUT2D eigenvalue weighted by atomic mass is 10.1. The van der Waals surface area contributed by atoms with Gasteiger partial charge < -0.3 is 5.32 Å². The highest BCUT2D eigenvalue weighted by Crippen LogP contribution is 2.08. The molecule has 1 N–H and O–H groups in total. The fourth-order valence-corrected chi connectivity index (χ4v) is 1.41. The van der Waals surface area contributed by atoms with E-state index in [9.17, 15) is 4.39 Å². The van der Waals surface area contributed by atoms with Crippen LogP contribution in [-0.2, 0) is 6.42 Å². The van der Waals surface area contributed by atoms with E-state index in [1.807, 2.05) is 12.1 Å². The summed E-state index contributed by atoms with van der Waals surface area (Å²) in [7, 11) is 0. The normalized spacial score (nSPS) is 12.8. The molecule has 13 heavy (non-hydrogen) atoms. The average Bonchev–Trinajstić information content (AvgIpc) is 2.09. The third kappa shape index (κ3) is 3.15. The highest BCUT2D eigenvalue weighted by Gasteiger charge is 2.05. The lowest BCUT2D eigenvalue weighted by Gasteiger charge is -2.12. The highest BCUT2D eigenvalue weighted by molar-refractivity contribution is 5.18. The van der Waals surface area contributed by atoms with Crippen LogP contribution in [-0.4, -0.2) is 12.6 Å². The van der Waals surface area contributed by atoms with Gasteiger partial charge in [0.25, 0.3) is 0 Å². The number of benzene rings is 1. The van der Waals surface area contributed by atoms with E-state index in [0.717, 1.165) is 18.5 Å². The van der Waals surface area contributed by atoms with Crippen molar-refractivity contribution in [2.24, 2.45) is 0 Å². The number of nitrogens with one attached hydrogen (secondary N) is 1. The van der Waals surface area contributed by atoms with Crippen LogP contribution in [0.1, 0.15) is 19.4 Å². The predicted octanol–water partition coefficient (Wildman–Crippen LogP) is 2.37. The van der Waals surface area contributed by atoms with Crippen LogP contribution in [0.2, 0.25) is 0 Å². The Morgan fingerprint density at radius 1 is 1.38 bits per heavy atom. The smallest absolute Gasteiger partial charge is 0.126 e. The molecule has 0 aliphatic heterocycles. The number of hydrogen-bond donors (Lipinski definition) is 1. The first-order chi connectivity index (χ1) is 6.24. The number of halogens is 1. The van der Waals surface area contributed by atoms with Crippen molar-refractivity contribution < 1.29 is 4.39 Å². The Bertz CT molecular complexity index is 260. The molecule has 0 amide bonds. The summed E-state index contributed by atoms with van der Waals surface area (Å²) in [6, 6.07) is 7.27. The average molecular weight is 181 g/mol. The quantitative estimate of drug-likeness (QED) is 0.752. The van der Waals surface area contributed by atoms with Gasteiger partial charge in [-0.15, -0.1) is 0 Å². The molecule has 1 rings (SSSR count). The lowest BCUT2D eigenvalue weighted by molar-refractivity contribution is 0.540. The van der Waals surface area contributed by atoms with Crippen LogP contribution in [0, 0.1) is 5.82 Å². The maximum absolute atomic E-state index is 13.2. The molecule has 1 nitrogen and oxygen atoms in total. The van der Waals surface area contributed by atoms with Crippen LogP contribution in [0.5, 0.6) is 0 Å². The number of likely N-dealkylation sites (N-methyl/N-ethyl adjacent to an activating group) is 1. The molecular formula is C11H16FN. The second-order valence-electron chi connectivity index (χ2n) is 3.25. The van der Waals surface area contributed by atoms with Gasteiger partial charge in [-0.3, -0.25) is 0 Å². The van der Waals surface area contributed by atoms with Crippen LogP contribution in [0.3, 0.4) is 0 Å². The number of rotatable bonds is 4. The van der Waals surface area contributed by atoms with Gasteiger partial charge in [0, 0.05) is 6.04 Å². The third-order valence-electron chi connectivity index (χ3n) is 2.04. The molecule has 2 heteroatoms. The van der Waals surface area contributed by atoms with Crippen molar-refractivity contribution in [1.82, 2.24) is 5.32 Å². The van der Waals surface area contributed by atoms with E-state index in [1.54, 1.807) is 6.07 Å². The Balaban J connectivity index is 2.58. The van der Waals surface area contributed by atoms with Gasteiger partial charge in [-0.05, 0) is 31.5 Å². The summed E-state index contributed by atoms with van der Waals surface area (Å²) in [6.07, 6.45) is 0.751. The summed E-state index contributed by atoms with van der Waals surface area (Å²) in [5.41, 5.74) is 0.788. The van der Waals surface area contributed by atoms with E-state index >= 15 is 0 Å². The minimum atomic E-state index is -0.104.